The van der Waals surface area contributed by atoms with Crippen molar-refractivity contribution in [2.24, 2.45) is 0 Å². The van der Waals surface area contributed by atoms with Gasteiger partial charge in [0.1, 0.15) is 5.82 Å². The third-order valence-corrected chi connectivity index (χ3v) is 3.28. The van der Waals surface area contributed by atoms with Crippen LogP contribution in [0.4, 0.5) is 24.5 Å². The van der Waals surface area contributed by atoms with Crippen LogP contribution in [-0.4, -0.2) is 10.9 Å². The van der Waals surface area contributed by atoms with Crippen molar-refractivity contribution >= 4 is 17.3 Å². The molecule has 4 nitrogen and oxygen atoms in total. The molecule has 1 aromatic heterocycles. The Bertz CT molecular complexity index is 733. The zero-order valence-electron chi connectivity index (χ0n) is 12.6. The van der Waals surface area contributed by atoms with Gasteiger partial charge < -0.3 is 11.1 Å². The first-order chi connectivity index (χ1) is 10.8. The molecule has 0 saturated carbocycles. The second-order valence-corrected chi connectivity index (χ2v) is 5.35. The van der Waals surface area contributed by atoms with Crippen LogP contribution in [0.3, 0.4) is 0 Å². The van der Waals surface area contributed by atoms with E-state index in [4.69, 9.17) is 5.73 Å². The van der Waals surface area contributed by atoms with Crippen LogP contribution in [0.5, 0.6) is 0 Å². The van der Waals surface area contributed by atoms with Crippen molar-refractivity contribution in [3.63, 3.8) is 0 Å². The SMILES string of the molecule is CC(C)c1cc(NC(=O)c2ncc(C(F)F)cc2N)ccc1F. The molecule has 0 unspecified atom stereocenters. The number of pyridine rings is 1. The van der Waals surface area contributed by atoms with Crippen LogP contribution in [0.15, 0.2) is 30.5 Å². The Morgan fingerprint density at radius 2 is 1.96 bits per heavy atom. The maximum atomic E-state index is 13.6. The summed E-state index contributed by atoms with van der Waals surface area (Å²) in [5, 5.41) is 2.53. The van der Waals surface area contributed by atoms with Gasteiger partial charge >= 0.3 is 0 Å². The summed E-state index contributed by atoms with van der Waals surface area (Å²) < 4.78 is 38.8. The highest BCUT2D eigenvalue weighted by molar-refractivity contribution is 6.06. The Hall–Kier alpha value is -2.57. The van der Waals surface area contributed by atoms with E-state index in [0.717, 1.165) is 12.3 Å². The summed E-state index contributed by atoms with van der Waals surface area (Å²) in [6.07, 6.45) is -1.81. The number of carbonyl (C=O) groups is 1. The molecule has 1 aromatic carbocycles. The molecule has 0 spiro atoms. The second kappa shape index (κ2) is 6.68. The predicted molar refractivity (Wildman–Crippen MR) is 82.0 cm³/mol. The van der Waals surface area contributed by atoms with Gasteiger partial charge in [0.25, 0.3) is 12.3 Å². The van der Waals surface area contributed by atoms with Gasteiger partial charge in [-0.2, -0.15) is 0 Å². The Morgan fingerprint density at radius 1 is 1.26 bits per heavy atom. The number of nitrogen functional groups attached to an aromatic ring is 1. The van der Waals surface area contributed by atoms with Crippen LogP contribution in [0.25, 0.3) is 0 Å². The molecule has 23 heavy (non-hydrogen) atoms. The van der Waals surface area contributed by atoms with E-state index in [1.807, 2.05) is 13.8 Å². The van der Waals surface area contributed by atoms with Crippen LogP contribution in [-0.2, 0) is 0 Å². The third-order valence-electron chi connectivity index (χ3n) is 3.28. The highest BCUT2D eigenvalue weighted by Gasteiger charge is 2.16. The summed E-state index contributed by atoms with van der Waals surface area (Å²) in [6.45, 7) is 3.65. The van der Waals surface area contributed by atoms with E-state index in [2.05, 4.69) is 10.3 Å². The summed E-state index contributed by atoms with van der Waals surface area (Å²) in [5.74, 6) is -1.07. The number of hydrogen-bond donors (Lipinski definition) is 2. The van der Waals surface area contributed by atoms with Gasteiger partial charge in [-0.1, -0.05) is 13.8 Å². The van der Waals surface area contributed by atoms with E-state index in [1.54, 1.807) is 0 Å². The normalized spacial score (nSPS) is 11.1. The Balaban J connectivity index is 2.24. The van der Waals surface area contributed by atoms with Gasteiger partial charge in [0.15, 0.2) is 5.69 Å². The highest BCUT2D eigenvalue weighted by atomic mass is 19.3. The number of amides is 1. The van der Waals surface area contributed by atoms with Crippen LogP contribution in [0, 0.1) is 5.82 Å². The number of rotatable bonds is 4. The molecule has 1 amide bonds. The van der Waals surface area contributed by atoms with Gasteiger partial charge in [-0.05, 0) is 35.7 Å². The average molecular weight is 323 g/mol. The number of anilines is 2. The van der Waals surface area contributed by atoms with E-state index in [-0.39, 0.29) is 28.7 Å². The third kappa shape index (κ3) is 3.80. The molecular formula is C16H16F3N3O. The molecule has 0 radical (unpaired) electrons. The number of hydrogen-bond acceptors (Lipinski definition) is 3. The van der Waals surface area contributed by atoms with E-state index in [1.165, 1.54) is 18.2 Å². The monoisotopic (exact) mass is 323 g/mol. The number of nitrogens with one attached hydrogen (secondary N) is 1. The zero-order chi connectivity index (χ0) is 17.1. The fraction of sp³-hybridized carbons (Fsp3) is 0.250. The lowest BCUT2D eigenvalue weighted by Gasteiger charge is -2.11. The van der Waals surface area contributed by atoms with Crippen molar-refractivity contribution in [1.82, 2.24) is 4.98 Å². The fourth-order valence-corrected chi connectivity index (χ4v) is 2.06. The van der Waals surface area contributed by atoms with Gasteiger partial charge in [-0.15, -0.1) is 0 Å². The fourth-order valence-electron chi connectivity index (χ4n) is 2.06. The minimum atomic E-state index is -2.72. The molecule has 0 fully saturated rings. The molecule has 0 saturated heterocycles. The standard InChI is InChI=1S/C16H16F3N3O/c1-8(2)11-6-10(3-4-12(11)17)22-16(23)14-13(20)5-9(7-21-14)15(18)19/h3-8,15H,20H2,1-2H3,(H,22,23). The molecule has 0 aliphatic carbocycles. The topological polar surface area (TPSA) is 68.0 Å². The maximum Gasteiger partial charge on any atom is 0.276 e. The Kier molecular flexibility index (Phi) is 4.88. The minimum absolute atomic E-state index is 0.0552. The van der Waals surface area contributed by atoms with Crippen molar-refractivity contribution in [1.29, 1.82) is 0 Å². The van der Waals surface area contributed by atoms with Crippen molar-refractivity contribution in [3.8, 4) is 0 Å². The molecule has 122 valence electrons. The average Bonchev–Trinajstić information content (AvgIpc) is 2.48. The molecular weight excluding hydrogens is 307 g/mol. The van der Waals surface area contributed by atoms with Gasteiger partial charge in [0.05, 0.1) is 5.69 Å². The van der Waals surface area contributed by atoms with Crippen molar-refractivity contribution in [2.75, 3.05) is 11.1 Å². The molecule has 1 heterocycles. The Morgan fingerprint density at radius 3 is 2.52 bits per heavy atom. The number of nitrogens with two attached hydrogens (primary N) is 1. The quantitative estimate of drug-likeness (QED) is 0.889. The van der Waals surface area contributed by atoms with Crippen molar-refractivity contribution in [3.05, 3.63) is 53.1 Å². The molecule has 3 N–H and O–H groups in total. The molecule has 0 aliphatic rings. The number of aromatic nitrogens is 1. The molecule has 2 aromatic rings. The first-order valence-electron chi connectivity index (χ1n) is 6.94. The van der Waals surface area contributed by atoms with Gasteiger partial charge in [-0.25, -0.2) is 18.2 Å². The number of alkyl halides is 2. The van der Waals surface area contributed by atoms with Crippen LogP contribution in [0.1, 0.15) is 47.8 Å². The largest absolute Gasteiger partial charge is 0.397 e. The van der Waals surface area contributed by atoms with E-state index >= 15 is 0 Å². The summed E-state index contributed by atoms with van der Waals surface area (Å²) in [7, 11) is 0. The zero-order valence-corrected chi connectivity index (χ0v) is 12.6. The summed E-state index contributed by atoms with van der Waals surface area (Å²) >= 11 is 0. The molecule has 7 heteroatoms. The lowest BCUT2D eigenvalue weighted by Crippen LogP contribution is -2.16. The predicted octanol–water partition coefficient (Wildman–Crippen LogP) is 4.12. The lowest BCUT2D eigenvalue weighted by molar-refractivity contribution is 0.102. The lowest BCUT2D eigenvalue weighted by atomic mass is 10.0. The number of carbonyl (C=O) groups excluding carboxylic acids is 1. The van der Waals surface area contributed by atoms with E-state index in [0.29, 0.717) is 11.3 Å². The Labute approximate surface area is 131 Å². The van der Waals surface area contributed by atoms with E-state index < -0.39 is 12.3 Å². The molecule has 2 rings (SSSR count). The van der Waals surface area contributed by atoms with Gasteiger partial charge in [0, 0.05) is 17.4 Å². The summed E-state index contributed by atoms with van der Waals surface area (Å²) in [4.78, 5) is 15.8. The van der Waals surface area contributed by atoms with Gasteiger partial charge in [0.2, 0.25) is 0 Å². The maximum absolute atomic E-state index is 13.6. The van der Waals surface area contributed by atoms with Crippen LogP contribution in [0.2, 0.25) is 0 Å². The second-order valence-electron chi connectivity index (χ2n) is 5.35. The summed E-state index contributed by atoms with van der Waals surface area (Å²) in [5.41, 5.74) is 5.76. The highest BCUT2D eigenvalue weighted by Crippen LogP contribution is 2.24. The smallest absolute Gasteiger partial charge is 0.276 e. The van der Waals surface area contributed by atoms with Gasteiger partial charge in [-0.3, -0.25) is 4.79 Å². The minimum Gasteiger partial charge on any atom is -0.397 e. The first kappa shape index (κ1) is 16.8. The number of benzene rings is 1. The number of nitrogens with zero attached hydrogens (tertiary/aromatic N) is 1. The van der Waals surface area contributed by atoms with Crippen LogP contribution >= 0.6 is 0 Å². The van der Waals surface area contributed by atoms with Crippen LogP contribution < -0.4 is 11.1 Å². The summed E-state index contributed by atoms with van der Waals surface area (Å²) in [6, 6.07) is 5.18. The van der Waals surface area contributed by atoms with E-state index in [9.17, 15) is 18.0 Å². The molecule has 0 atom stereocenters. The van der Waals surface area contributed by atoms with Crippen molar-refractivity contribution in [2.45, 2.75) is 26.2 Å². The number of halogens is 3. The van der Waals surface area contributed by atoms with Crippen molar-refractivity contribution < 1.29 is 18.0 Å². The molecule has 0 bridgehead atoms. The molecule has 0 aliphatic heterocycles. The first-order valence-corrected chi connectivity index (χ1v) is 6.94.